The topological polar surface area (TPSA) is 146 Å². The second-order valence-corrected chi connectivity index (χ2v) is 16.4. The summed E-state index contributed by atoms with van der Waals surface area (Å²) in [6.45, 7) is 13.5. The first-order chi connectivity index (χ1) is 30.3. The number of aromatic nitrogens is 2. The number of pyridine rings is 1. The van der Waals surface area contributed by atoms with Crippen LogP contribution < -0.4 is 25.4 Å². The molecule has 1 atom stereocenters. The molecule has 1 saturated carbocycles. The zero-order chi connectivity index (χ0) is 43.4. The lowest BCUT2D eigenvalue weighted by atomic mass is 9.92. The Labute approximate surface area is 363 Å². The van der Waals surface area contributed by atoms with Crippen molar-refractivity contribution < 1.29 is 33.4 Å². The van der Waals surface area contributed by atoms with Crippen LogP contribution in [0.1, 0.15) is 85.4 Å². The summed E-state index contributed by atoms with van der Waals surface area (Å²) in [6, 6.07) is 14.4. The molecule has 13 heteroatoms. The van der Waals surface area contributed by atoms with E-state index < -0.39 is 23.8 Å². The molecule has 1 saturated heterocycles. The Kier molecular flexibility index (Phi) is 15.4. The summed E-state index contributed by atoms with van der Waals surface area (Å²) in [5.74, 6) is -0.411. The van der Waals surface area contributed by atoms with Gasteiger partial charge < -0.3 is 34.2 Å². The quantitative estimate of drug-likeness (QED) is 0.0611. The molecule has 2 fully saturated rings. The highest BCUT2D eigenvalue weighted by atomic mass is 16.5. The minimum atomic E-state index is -1.04. The van der Waals surface area contributed by atoms with E-state index in [-0.39, 0.29) is 36.2 Å². The minimum Gasteiger partial charge on any atom is -0.494 e. The van der Waals surface area contributed by atoms with Gasteiger partial charge in [0, 0.05) is 98.3 Å². The third-order valence-corrected chi connectivity index (χ3v) is 12.1. The lowest BCUT2D eigenvalue weighted by Gasteiger charge is -2.37. The molecule has 62 heavy (non-hydrogen) atoms. The van der Waals surface area contributed by atoms with Crippen LogP contribution in [0.15, 0.2) is 67.4 Å². The van der Waals surface area contributed by atoms with E-state index in [1.54, 1.807) is 18.2 Å². The Balaban J connectivity index is 0.740. The van der Waals surface area contributed by atoms with Gasteiger partial charge in [0.25, 0.3) is 11.8 Å². The Morgan fingerprint density at radius 1 is 0.919 bits per heavy atom. The molecule has 3 aliphatic rings. The van der Waals surface area contributed by atoms with Gasteiger partial charge in [-0.3, -0.25) is 24.2 Å². The lowest BCUT2D eigenvalue weighted by molar-refractivity contribution is -0.124. The number of ether oxygens (including phenoxy) is 3. The van der Waals surface area contributed by atoms with Crippen LogP contribution in [0, 0.1) is 0 Å². The molecule has 0 radical (unpaired) electrons. The van der Waals surface area contributed by atoms with E-state index in [1.807, 2.05) is 24.4 Å². The van der Waals surface area contributed by atoms with Gasteiger partial charge in [-0.2, -0.15) is 0 Å². The van der Waals surface area contributed by atoms with Gasteiger partial charge >= 0.3 is 0 Å². The number of imide groups is 1. The minimum absolute atomic E-state index is 0.0620. The molecule has 2 N–H and O–H groups in total. The van der Waals surface area contributed by atoms with E-state index in [2.05, 4.69) is 68.9 Å². The zero-order valence-corrected chi connectivity index (χ0v) is 36.1. The smallest absolute Gasteiger partial charge is 0.262 e. The second-order valence-electron chi connectivity index (χ2n) is 16.4. The van der Waals surface area contributed by atoms with E-state index in [4.69, 9.17) is 14.2 Å². The summed E-state index contributed by atoms with van der Waals surface area (Å²) < 4.78 is 18.3. The number of H-pyrrole nitrogens is 1. The van der Waals surface area contributed by atoms with Crippen molar-refractivity contribution in [3.05, 3.63) is 89.1 Å². The van der Waals surface area contributed by atoms with Crippen LogP contribution in [-0.4, -0.2) is 126 Å². The van der Waals surface area contributed by atoms with Crippen LogP contribution in [0.4, 0.5) is 0 Å². The summed E-state index contributed by atoms with van der Waals surface area (Å²) in [5.41, 5.74) is 3.71. The zero-order valence-electron chi connectivity index (χ0n) is 36.1. The van der Waals surface area contributed by atoms with Crippen molar-refractivity contribution >= 4 is 47.1 Å². The number of likely N-dealkylation sites (N-methyl/N-ethyl adjacent to an activating group) is 1. The molecule has 0 spiro atoms. The number of piperazine rings is 1. The third kappa shape index (κ3) is 10.7. The van der Waals surface area contributed by atoms with Crippen LogP contribution >= 0.6 is 0 Å². The molecule has 0 bridgehead atoms. The number of carbonyl (C=O) groups is 4. The molecule has 13 nitrogen and oxygen atoms in total. The SMILES string of the molecule is C=C/C=c1/[nH]c2cc(-c3ccc(OC4CC(OCCN5CCN(CCCCCOc6ccc7c(c6)C(=O)N(C(CCC=O)C(=O)NC)C7=O)CC5)C4)nc3)ccc2/c1=C/CCC. The number of fused-ring (bicyclic) bond motifs is 2. The van der Waals surface area contributed by atoms with Crippen LogP contribution in [0.2, 0.25) is 0 Å². The highest BCUT2D eigenvalue weighted by molar-refractivity contribution is 6.23. The number of aromatic amines is 1. The summed E-state index contributed by atoms with van der Waals surface area (Å²) >= 11 is 0. The molecular formula is C49H60N6O7. The van der Waals surface area contributed by atoms with Crippen molar-refractivity contribution in [3.63, 3.8) is 0 Å². The lowest BCUT2D eigenvalue weighted by Crippen LogP contribution is -2.48. The molecular weight excluding hydrogens is 785 g/mol. The maximum Gasteiger partial charge on any atom is 0.262 e. The first-order valence-electron chi connectivity index (χ1n) is 22.2. The van der Waals surface area contributed by atoms with Gasteiger partial charge in [-0.25, -0.2) is 4.98 Å². The number of nitrogens with zero attached hydrogens (tertiary/aromatic N) is 4. The fourth-order valence-corrected chi connectivity index (χ4v) is 8.49. The number of hydrogen-bond acceptors (Lipinski definition) is 10. The van der Waals surface area contributed by atoms with E-state index in [1.165, 1.54) is 17.7 Å². The van der Waals surface area contributed by atoms with E-state index in [0.717, 1.165) is 118 Å². The summed E-state index contributed by atoms with van der Waals surface area (Å²) in [6.07, 6.45) is 16.1. The summed E-state index contributed by atoms with van der Waals surface area (Å²) in [5, 5.41) is 6.03. The first-order valence-corrected chi connectivity index (χ1v) is 22.2. The highest BCUT2D eigenvalue weighted by Crippen LogP contribution is 2.31. The van der Waals surface area contributed by atoms with E-state index in [0.29, 0.717) is 24.5 Å². The maximum absolute atomic E-state index is 13.2. The molecule has 3 amide bonds. The number of benzene rings is 2. The molecule has 2 aromatic carbocycles. The largest absolute Gasteiger partial charge is 0.494 e. The molecule has 1 unspecified atom stereocenters. The molecule has 2 aliphatic heterocycles. The monoisotopic (exact) mass is 844 g/mol. The van der Waals surface area contributed by atoms with Crippen LogP contribution in [0.5, 0.6) is 11.6 Å². The van der Waals surface area contributed by atoms with Gasteiger partial charge in [0.05, 0.1) is 30.4 Å². The van der Waals surface area contributed by atoms with Gasteiger partial charge in [0.1, 0.15) is 24.2 Å². The third-order valence-electron chi connectivity index (χ3n) is 12.1. The Bertz CT molecular complexity index is 2330. The number of nitrogens with one attached hydrogen (secondary N) is 2. The van der Waals surface area contributed by atoms with E-state index >= 15 is 0 Å². The van der Waals surface area contributed by atoms with Crippen molar-refractivity contribution in [1.82, 2.24) is 30.0 Å². The molecule has 328 valence electrons. The standard InChI is InChI=1S/C49H60N6O7/c1-4-6-12-39-40-17-14-34(29-44(40)52-43(39)11-5-2)35-15-19-46(51-33-35)62-38-30-37(31-38)61-28-25-54-23-21-53(22-24-54)20-8-7-9-27-60-36-16-18-41-42(32-36)49(59)55(48(41)58)45(13-10-26-56)47(57)50-3/h5,11-12,14-19,26,29,32-33,37-38,45,52H,2,4,6-10,13,20-25,27-28,30-31H2,1,3H3,(H,50,57)/b39-12-,43-11+. The highest BCUT2D eigenvalue weighted by Gasteiger charge is 2.42. The Hall–Kier alpha value is -5.63. The van der Waals surface area contributed by atoms with Crippen molar-refractivity contribution in [2.75, 3.05) is 59.5 Å². The van der Waals surface area contributed by atoms with Gasteiger partial charge in [-0.15, -0.1) is 0 Å². The van der Waals surface area contributed by atoms with Crippen molar-refractivity contribution in [2.24, 2.45) is 0 Å². The molecule has 7 rings (SSSR count). The number of allylic oxidation sites excluding steroid dienone is 1. The number of carbonyl (C=O) groups excluding carboxylic acids is 4. The normalized spacial score (nSPS) is 19.1. The number of unbranched alkanes of at least 4 members (excludes halogenated alkanes) is 3. The van der Waals surface area contributed by atoms with Crippen LogP contribution in [0.25, 0.3) is 34.2 Å². The number of hydrogen-bond donors (Lipinski definition) is 2. The Morgan fingerprint density at radius 3 is 2.42 bits per heavy atom. The fraction of sp³-hybridized carbons (Fsp3) is 0.449. The summed E-state index contributed by atoms with van der Waals surface area (Å²) in [7, 11) is 1.44. The number of rotatable bonds is 22. The molecule has 4 heterocycles. The first kappa shape index (κ1) is 44.4. The maximum atomic E-state index is 13.2. The number of amides is 3. The average Bonchev–Trinajstić information content (AvgIpc) is 3.75. The number of aldehydes is 1. The van der Waals surface area contributed by atoms with Gasteiger partial charge in [0.2, 0.25) is 11.8 Å². The fourth-order valence-electron chi connectivity index (χ4n) is 8.49. The molecule has 2 aromatic heterocycles. The molecule has 1 aliphatic carbocycles. The van der Waals surface area contributed by atoms with Crippen molar-refractivity contribution in [1.29, 1.82) is 0 Å². The van der Waals surface area contributed by atoms with Gasteiger partial charge in [0.15, 0.2) is 0 Å². The van der Waals surface area contributed by atoms with Crippen molar-refractivity contribution in [2.45, 2.75) is 83.0 Å². The molecule has 4 aromatic rings. The predicted octanol–water partition coefficient (Wildman–Crippen LogP) is 5.26. The second kappa shape index (κ2) is 21.4. The van der Waals surface area contributed by atoms with Crippen molar-refractivity contribution in [3.8, 4) is 22.8 Å². The average molecular weight is 845 g/mol. The predicted molar refractivity (Wildman–Crippen MR) is 241 cm³/mol. The Morgan fingerprint density at radius 2 is 1.69 bits per heavy atom. The van der Waals surface area contributed by atoms with E-state index in [9.17, 15) is 19.2 Å². The van der Waals surface area contributed by atoms with Crippen LogP contribution in [0.3, 0.4) is 0 Å². The van der Waals surface area contributed by atoms with Crippen LogP contribution in [-0.2, 0) is 14.3 Å². The summed E-state index contributed by atoms with van der Waals surface area (Å²) in [4.78, 5) is 63.7. The van der Waals surface area contributed by atoms with Gasteiger partial charge in [-0.1, -0.05) is 44.2 Å². The van der Waals surface area contributed by atoms with Gasteiger partial charge in [-0.05, 0) is 80.6 Å².